The van der Waals surface area contributed by atoms with E-state index in [1.807, 2.05) is 38.1 Å². The molecule has 1 N–H and O–H groups in total. The van der Waals surface area contributed by atoms with E-state index >= 15 is 0 Å². The van der Waals surface area contributed by atoms with E-state index in [1.54, 1.807) is 24.3 Å². The van der Waals surface area contributed by atoms with Crippen molar-refractivity contribution in [1.82, 2.24) is 4.90 Å². The van der Waals surface area contributed by atoms with Gasteiger partial charge >= 0.3 is 0 Å². The van der Waals surface area contributed by atoms with Crippen LogP contribution in [0.25, 0.3) is 6.08 Å². The first-order chi connectivity index (χ1) is 15.9. The maximum Gasteiger partial charge on any atom is 0.294 e. The van der Waals surface area contributed by atoms with Gasteiger partial charge in [0.1, 0.15) is 25.5 Å². The molecule has 0 aliphatic carbocycles. The van der Waals surface area contributed by atoms with Gasteiger partial charge in [0, 0.05) is 17.3 Å². The number of nitrogens with zero attached hydrogens (tertiary/aromatic N) is 1. The molecule has 0 unspecified atom stereocenters. The number of carbonyl (C=O) groups is 3. The highest BCUT2D eigenvalue weighted by Gasteiger charge is 2.36. The van der Waals surface area contributed by atoms with E-state index in [4.69, 9.17) is 14.2 Å². The molecule has 1 saturated heterocycles. The summed E-state index contributed by atoms with van der Waals surface area (Å²) in [6.07, 6.45) is 1.62. The monoisotopic (exact) mass is 468 g/mol. The van der Waals surface area contributed by atoms with Crippen molar-refractivity contribution in [2.45, 2.75) is 13.8 Å². The van der Waals surface area contributed by atoms with Gasteiger partial charge in [0.2, 0.25) is 5.91 Å². The Morgan fingerprint density at radius 2 is 1.91 bits per heavy atom. The molecule has 2 aliphatic heterocycles. The van der Waals surface area contributed by atoms with Crippen LogP contribution < -0.4 is 19.5 Å². The van der Waals surface area contributed by atoms with Gasteiger partial charge < -0.3 is 19.5 Å². The summed E-state index contributed by atoms with van der Waals surface area (Å²) in [5.41, 5.74) is 1.19. The van der Waals surface area contributed by atoms with Crippen LogP contribution in [0.3, 0.4) is 0 Å². The van der Waals surface area contributed by atoms with Gasteiger partial charge in [-0.15, -0.1) is 0 Å². The molecule has 33 heavy (non-hydrogen) atoms. The zero-order chi connectivity index (χ0) is 23.4. The van der Waals surface area contributed by atoms with Crippen LogP contribution in [0, 0.1) is 5.92 Å². The minimum atomic E-state index is -0.513. The largest absolute Gasteiger partial charge is 0.493 e. The van der Waals surface area contributed by atoms with Gasteiger partial charge in [-0.25, -0.2) is 0 Å². The molecule has 0 bridgehead atoms. The van der Waals surface area contributed by atoms with E-state index in [9.17, 15) is 14.4 Å². The zero-order valence-electron chi connectivity index (χ0n) is 18.3. The molecule has 0 atom stereocenters. The fraction of sp³-hybridized carbons (Fsp3) is 0.292. The van der Waals surface area contributed by atoms with Crippen LogP contribution in [0.1, 0.15) is 19.4 Å². The summed E-state index contributed by atoms with van der Waals surface area (Å²) in [4.78, 5) is 39.0. The Balaban J connectivity index is 1.43. The van der Waals surface area contributed by atoms with E-state index in [0.29, 0.717) is 54.2 Å². The molecule has 0 radical (unpaired) electrons. The SMILES string of the molecule is CC(C)COc1ccccc1/C=C1/SC(=O)N(CC(=O)Nc2ccc3c(c2)OCCO3)C1=O. The highest BCUT2D eigenvalue weighted by atomic mass is 32.2. The quantitative estimate of drug-likeness (QED) is 0.610. The molecule has 2 heterocycles. The lowest BCUT2D eigenvalue weighted by molar-refractivity contribution is -0.127. The maximum absolute atomic E-state index is 12.8. The number of nitrogens with one attached hydrogen (secondary N) is 1. The third-order valence-electron chi connectivity index (χ3n) is 4.78. The van der Waals surface area contributed by atoms with Gasteiger partial charge in [-0.1, -0.05) is 32.0 Å². The summed E-state index contributed by atoms with van der Waals surface area (Å²) >= 11 is 0.803. The first-order valence-electron chi connectivity index (χ1n) is 10.6. The summed E-state index contributed by atoms with van der Waals surface area (Å²) in [6, 6.07) is 12.3. The van der Waals surface area contributed by atoms with Gasteiger partial charge in [0.25, 0.3) is 11.1 Å². The van der Waals surface area contributed by atoms with Crippen LogP contribution in [0.15, 0.2) is 47.4 Å². The van der Waals surface area contributed by atoms with Gasteiger partial charge in [-0.2, -0.15) is 0 Å². The minimum absolute atomic E-state index is 0.243. The Hall–Kier alpha value is -3.46. The molecule has 0 spiro atoms. The molecule has 2 aromatic carbocycles. The number of rotatable bonds is 7. The minimum Gasteiger partial charge on any atom is -0.493 e. The number of amides is 3. The van der Waals surface area contributed by atoms with Crippen molar-refractivity contribution in [3.63, 3.8) is 0 Å². The molecule has 8 nitrogen and oxygen atoms in total. The number of fused-ring (bicyclic) bond motifs is 1. The summed E-state index contributed by atoms with van der Waals surface area (Å²) in [7, 11) is 0. The number of hydrogen-bond donors (Lipinski definition) is 1. The molecule has 4 rings (SSSR count). The lowest BCUT2D eigenvalue weighted by Gasteiger charge is -2.19. The van der Waals surface area contributed by atoms with Crippen LogP contribution in [0.4, 0.5) is 10.5 Å². The van der Waals surface area contributed by atoms with Crippen LogP contribution >= 0.6 is 11.8 Å². The van der Waals surface area contributed by atoms with Crippen LogP contribution in [-0.2, 0) is 9.59 Å². The molecule has 1 fully saturated rings. The lowest BCUT2D eigenvalue weighted by Crippen LogP contribution is -2.36. The number of benzene rings is 2. The normalized spacial score (nSPS) is 16.5. The van der Waals surface area contributed by atoms with E-state index in [1.165, 1.54) is 0 Å². The summed E-state index contributed by atoms with van der Waals surface area (Å²) in [5.74, 6) is 1.11. The van der Waals surface area contributed by atoms with E-state index in [2.05, 4.69) is 5.32 Å². The first-order valence-corrected chi connectivity index (χ1v) is 11.4. The number of para-hydroxylation sites is 1. The average Bonchev–Trinajstić information content (AvgIpc) is 3.05. The molecular weight excluding hydrogens is 444 g/mol. The molecule has 9 heteroatoms. The second-order valence-electron chi connectivity index (χ2n) is 7.92. The van der Waals surface area contributed by atoms with Gasteiger partial charge in [-0.05, 0) is 42.0 Å². The fourth-order valence-electron chi connectivity index (χ4n) is 3.23. The standard InChI is InChI=1S/C24H24N2O6S/c1-15(2)14-32-18-6-4-3-5-16(18)11-21-23(28)26(24(29)33-21)13-22(27)25-17-7-8-19-20(12-17)31-10-9-30-19/h3-8,11-12,15H,9-10,13-14H2,1-2H3,(H,25,27)/b21-11+. The number of ether oxygens (including phenoxy) is 3. The van der Waals surface area contributed by atoms with Gasteiger partial charge in [0.05, 0.1) is 11.5 Å². The summed E-state index contributed by atoms with van der Waals surface area (Å²) in [6.45, 7) is 5.14. The first kappa shape index (κ1) is 22.7. The molecule has 172 valence electrons. The van der Waals surface area contributed by atoms with Crippen LogP contribution in [0.5, 0.6) is 17.2 Å². The predicted molar refractivity (Wildman–Crippen MR) is 126 cm³/mol. The molecule has 2 aliphatic rings. The van der Waals surface area contributed by atoms with Crippen molar-refractivity contribution in [3.05, 3.63) is 52.9 Å². The smallest absolute Gasteiger partial charge is 0.294 e. The second kappa shape index (κ2) is 9.99. The number of hydrogen-bond acceptors (Lipinski definition) is 7. The number of carbonyl (C=O) groups excluding carboxylic acids is 3. The maximum atomic E-state index is 12.8. The third-order valence-corrected chi connectivity index (χ3v) is 5.69. The Morgan fingerprint density at radius 3 is 2.70 bits per heavy atom. The molecule has 0 saturated carbocycles. The second-order valence-corrected chi connectivity index (χ2v) is 8.91. The summed E-state index contributed by atoms with van der Waals surface area (Å²) in [5, 5.41) is 2.20. The topological polar surface area (TPSA) is 94.2 Å². The zero-order valence-corrected chi connectivity index (χ0v) is 19.1. The number of imide groups is 1. The molecule has 0 aromatic heterocycles. The van der Waals surface area contributed by atoms with Crippen molar-refractivity contribution >= 4 is 40.6 Å². The van der Waals surface area contributed by atoms with Gasteiger partial charge in [0.15, 0.2) is 11.5 Å². The Morgan fingerprint density at radius 1 is 1.15 bits per heavy atom. The number of anilines is 1. The van der Waals surface area contributed by atoms with Gasteiger partial charge in [-0.3, -0.25) is 19.3 Å². The summed E-state index contributed by atoms with van der Waals surface area (Å²) < 4.78 is 16.8. The third kappa shape index (κ3) is 5.48. The van der Waals surface area contributed by atoms with E-state index in [0.717, 1.165) is 16.7 Å². The van der Waals surface area contributed by atoms with Crippen molar-refractivity contribution < 1.29 is 28.6 Å². The molecule has 2 aromatic rings. The Bertz CT molecular complexity index is 1110. The average molecular weight is 469 g/mol. The molecule has 3 amide bonds. The van der Waals surface area contributed by atoms with Crippen LogP contribution in [-0.4, -0.2) is 48.3 Å². The highest BCUT2D eigenvalue weighted by molar-refractivity contribution is 8.18. The molecular formula is C24H24N2O6S. The van der Waals surface area contributed by atoms with Crippen LogP contribution in [0.2, 0.25) is 0 Å². The van der Waals surface area contributed by atoms with Crippen molar-refractivity contribution in [2.75, 3.05) is 31.7 Å². The highest BCUT2D eigenvalue weighted by Crippen LogP contribution is 2.35. The van der Waals surface area contributed by atoms with Crippen molar-refractivity contribution in [2.24, 2.45) is 5.92 Å². The fourth-order valence-corrected chi connectivity index (χ4v) is 4.06. The van der Waals surface area contributed by atoms with Crippen molar-refractivity contribution in [3.8, 4) is 17.2 Å². The number of thioether (sulfide) groups is 1. The van der Waals surface area contributed by atoms with E-state index < -0.39 is 17.1 Å². The van der Waals surface area contributed by atoms with E-state index in [-0.39, 0.29) is 11.4 Å². The Labute approximate surface area is 195 Å². The van der Waals surface area contributed by atoms with Crippen molar-refractivity contribution in [1.29, 1.82) is 0 Å². The Kier molecular flexibility index (Phi) is 6.88. The lowest BCUT2D eigenvalue weighted by atomic mass is 10.1. The predicted octanol–water partition coefficient (Wildman–Crippen LogP) is 4.17.